The van der Waals surface area contributed by atoms with E-state index in [4.69, 9.17) is 9.47 Å². The first kappa shape index (κ1) is 25.0. The van der Waals surface area contributed by atoms with Crippen molar-refractivity contribution >= 4 is 17.4 Å². The summed E-state index contributed by atoms with van der Waals surface area (Å²) in [6, 6.07) is 19.2. The van der Waals surface area contributed by atoms with Gasteiger partial charge in [-0.3, -0.25) is 9.59 Å². The molecule has 1 saturated heterocycles. The highest BCUT2D eigenvalue weighted by Crippen LogP contribution is 2.42. The first-order valence-corrected chi connectivity index (χ1v) is 11.9. The van der Waals surface area contributed by atoms with E-state index in [-0.39, 0.29) is 23.4 Å². The number of ether oxygens (including phenoxy) is 2. The normalized spacial score (nSPS) is 16.9. The molecule has 1 aliphatic heterocycles. The molecule has 0 bridgehead atoms. The van der Waals surface area contributed by atoms with Gasteiger partial charge < -0.3 is 19.5 Å². The molecule has 0 aliphatic carbocycles. The molecule has 186 valence electrons. The highest BCUT2D eigenvalue weighted by molar-refractivity contribution is 6.46. The van der Waals surface area contributed by atoms with Crippen LogP contribution in [0.2, 0.25) is 0 Å². The van der Waals surface area contributed by atoms with Gasteiger partial charge in [-0.25, -0.2) is 4.39 Å². The smallest absolute Gasteiger partial charge is 0.295 e. The highest BCUT2D eigenvalue weighted by atomic mass is 19.1. The number of carbonyl (C=O) groups is 2. The van der Waals surface area contributed by atoms with Crippen LogP contribution in [-0.2, 0) is 16.0 Å². The van der Waals surface area contributed by atoms with Crippen molar-refractivity contribution < 1.29 is 28.6 Å². The Morgan fingerprint density at radius 2 is 1.58 bits per heavy atom. The number of rotatable bonds is 9. The second-order valence-electron chi connectivity index (χ2n) is 8.31. The average Bonchev–Trinajstić information content (AvgIpc) is 3.14. The van der Waals surface area contributed by atoms with Crippen molar-refractivity contribution in [3.63, 3.8) is 0 Å². The minimum atomic E-state index is -0.853. The molecule has 6 nitrogen and oxygen atoms in total. The summed E-state index contributed by atoms with van der Waals surface area (Å²) in [6.07, 6.45) is 0.524. The van der Waals surface area contributed by atoms with Crippen LogP contribution >= 0.6 is 0 Å². The van der Waals surface area contributed by atoms with E-state index in [9.17, 15) is 19.1 Å². The van der Waals surface area contributed by atoms with Gasteiger partial charge in [0.15, 0.2) is 11.5 Å². The molecule has 0 radical (unpaired) electrons. The number of hydrogen-bond donors (Lipinski definition) is 1. The lowest BCUT2D eigenvalue weighted by Crippen LogP contribution is -2.31. The maximum Gasteiger partial charge on any atom is 0.295 e. The number of hydrogen-bond acceptors (Lipinski definition) is 5. The Bertz CT molecular complexity index is 1270. The van der Waals surface area contributed by atoms with Crippen LogP contribution in [0.1, 0.15) is 36.6 Å². The minimum absolute atomic E-state index is 0.0497. The fourth-order valence-corrected chi connectivity index (χ4v) is 4.35. The predicted octanol–water partition coefficient (Wildman–Crippen LogP) is 5.29. The number of aliphatic hydroxyl groups excluding tert-OH is 1. The molecule has 7 heteroatoms. The van der Waals surface area contributed by atoms with Crippen molar-refractivity contribution in [1.82, 2.24) is 4.90 Å². The standard InChI is InChI=1S/C29H28FNO5/c1-3-35-23-15-12-21(18-24(23)36-4-2)26-25(27(32)20-10-13-22(30)14-11-20)28(33)29(34)31(26)17-16-19-8-6-5-7-9-19/h5-15,18,26,32H,3-4,16-17H2,1-2H3/b27-25+. The van der Waals surface area contributed by atoms with E-state index in [0.29, 0.717) is 36.7 Å². The molecule has 0 spiro atoms. The van der Waals surface area contributed by atoms with Crippen LogP contribution in [0.3, 0.4) is 0 Å². The van der Waals surface area contributed by atoms with Gasteiger partial charge in [-0.1, -0.05) is 36.4 Å². The van der Waals surface area contributed by atoms with Crippen LogP contribution in [0.15, 0.2) is 78.4 Å². The molecule has 4 rings (SSSR count). The summed E-state index contributed by atoms with van der Waals surface area (Å²) < 4.78 is 24.9. The van der Waals surface area contributed by atoms with Gasteiger partial charge in [0.05, 0.1) is 24.8 Å². The van der Waals surface area contributed by atoms with Crippen molar-refractivity contribution in [3.05, 3.63) is 101 Å². The molecule has 1 fully saturated rings. The molecule has 1 aliphatic rings. The number of likely N-dealkylation sites (tertiary alicyclic amines) is 1. The van der Waals surface area contributed by atoms with Crippen molar-refractivity contribution in [3.8, 4) is 11.5 Å². The van der Waals surface area contributed by atoms with Crippen molar-refractivity contribution in [2.45, 2.75) is 26.3 Å². The number of ketones is 1. The molecular weight excluding hydrogens is 461 g/mol. The monoisotopic (exact) mass is 489 g/mol. The SMILES string of the molecule is CCOc1ccc(C2/C(=C(\O)c3ccc(F)cc3)C(=O)C(=O)N2CCc2ccccc2)cc1OCC. The molecule has 36 heavy (non-hydrogen) atoms. The minimum Gasteiger partial charge on any atom is -0.507 e. The van der Waals surface area contributed by atoms with Gasteiger partial charge in [0.2, 0.25) is 0 Å². The summed E-state index contributed by atoms with van der Waals surface area (Å²) in [5, 5.41) is 11.1. The highest BCUT2D eigenvalue weighted by Gasteiger charge is 2.46. The van der Waals surface area contributed by atoms with E-state index in [1.54, 1.807) is 18.2 Å². The Balaban J connectivity index is 1.82. The number of benzene rings is 3. The Kier molecular flexibility index (Phi) is 7.68. The molecule has 0 aromatic heterocycles. The van der Waals surface area contributed by atoms with Crippen LogP contribution in [0.5, 0.6) is 11.5 Å². The van der Waals surface area contributed by atoms with Crippen molar-refractivity contribution in [1.29, 1.82) is 0 Å². The van der Waals surface area contributed by atoms with E-state index in [0.717, 1.165) is 5.56 Å². The van der Waals surface area contributed by atoms with Crippen LogP contribution in [-0.4, -0.2) is 41.5 Å². The zero-order chi connectivity index (χ0) is 25.7. The Morgan fingerprint density at radius 1 is 0.917 bits per heavy atom. The third-order valence-electron chi connectivity index (χ3n) is 6.03. The van der Waals surface area contributed by atoms with Gasteiger partial charge in [-0.2, -0.15) is 0 Å². The number of amides is 1. The fourth-order valence-electron chi connectivity index (χ4n) is 4.35. The second kappa shape index (κ2) is 11.1. The lowest BCUT2D eigenvalue weighted by atomic mass is 9.94. The van der Waals surface area contributed by atoms with Gasteiger partial charge in [-0.05, 0) is 67.8 Å². The maximum absolute atomic E-state index is 13.5. The third kappa shape index (κ3) is 5.10. The summed E-state index contributed by atoms with van der Waals surface area (Å²) >= 11 is 0. The largest absolute Gasteiger partial charge is 0.507 e. The lowest BCUT2D eigenvalue weighted by molar-refractivity contribution is -0.139. The molecule has 1 unspecified atom stereocenters. The third-order valence-corrected chi connectivity index (χ3v) is 6.03. The molecule has 1 atom stereocenters. The number of aliphatic hydroxyl groups is 1. The Hall–Kier alpha value is -4.13. The molecule has 1 heterocycles. The molecular formula is C29H28FNO5. The first-order valence-electron chi connectivity index (χ1n) is 11.9. The topological polar surface area (TPSA) is 76.1 Å². The van der Waals surface area contributed by atoms with Gasteiger partial charge in [0.25, 0.3) is 11.7 Å². The van der Waals surface area contributed by atoms with Crippen molar-refractivity contribution in [2.75, 3.05) is 19.8 Å². The second-order valence-corrected chi connectivity index (χ2v) is 8.31. The van der Waals surface area contributed by atoms with Gasteiger partial charge in [0.1, 0.15) is 11.6 Å². The van der Waals surface area contributed by atoms with E-state index < -0.39 is 23.5 Å². The number of halogens is 1. The number of Topliss-reactive ketones (excluding diaryl/α,β-unsaturated/α-hetero) is 1. The number of carbonyl (C=O) groups excluding carboxylic acids is 2. The molecule has 0 saturated carbocycles. The van der Waals surface area contributed by atoms with Gasteiger partial charge >= 0.3 is 0 Å². The zero-order valence-corrected chi connectivity index (χ0v) is 20.2. The molecule has 1 N–H and O–H groups in total. The van der Waals surface area contributed by atoms with E-state index in [2.05, 4.69) is 0 Å². The van der Waals surface area contributed by atoms with Crippen LogP contribution in [0.4, 0.5) is 4.39 Å². The van der Waals surface area contributed by atoms with Crippen LogP contribution in [0, 0.1) is 5.82 Å². The predicted molar refractivity (Wildman–Crippen MR) is 134 cm³/mol. The maximum atomic E-state index is 13.5. The zero-order valence-electron chi connectivity index (χ0n) is 20.2. The summed E-state index contributed by atoms with van der Waals surface area (Å²) in [4.78, 5) is 27.9. The van der Waals surface area contributed by atoms with E-state index >= 15 is 0 Å². The first-order chi connectivity index (χ1) is 17.4. The summed E-state index contributed by atoms with van der Waals surface area (Å²) in [7, 11) is 0. The van der Waals surface area contributed by atoms with Gasteiger partial charge in [0, 0.05) is 12.1 Å². The van der Waals surface area contributed by atoms with E-state index in [1.165, 1.54) is 29.2 Å². The summed E-state index contributed by atoms with van der Waals surface area (Å²) in [5.74, 6) is -1.30. The molecule has 3 aromatic rings. The summed E-state index contributed by atoms with van der Waals surface area (Å²) in [6.45, 7) is 4.82. The molecule has 3 aromatic carbocycles. The van der Waals surface area contributed by atoms with Crippen molar-refractivity contribution in [2.24, 2.45) is 0 Å². The quantitative estimate of drug-likeness (QED) is 0.251. The Labute approximate surface area is 209 Å². The van der Waals surface area contributed by atoms with Crippen LogP contribution < -0.4 is 9.47 Å². The summed E-state index contributed by atoms with van der Waals surface area (Å²) in [5.41, 5.74) is 1.81. The lowest BCUT2D eigenvalue weighted by Gasteiger charge is -2.26. The molecule has 1 amide bonds. The van der Waals surface area contributed by atoms with Crippen LogP contribution in [0.25, 0.3) is 5.76 Å². The number of nitrogens with zero attached hydrogens (tertiary/aromatic N) is 1. The average molecular weight is 490 g/mol. The Morgan fingerprint density at radius 3 is 2.25 bits per heavy atom. The van der Waals surface area contributed by atoms with Gasteiger partial charge in [-0.15, -0.1) is 0 Å². The van der Waals surface area contributed by atoms with E-state index in [1.807, 2.05) is 44.2 Å². The fraction of sp³-hybridized carbons (Fsp3) is 0.241.